The zero-order valence-corrected chi connectivity index (χ0v) is 12.9. The Morgan fingerprint density at radius 1 is 1.33 bits per heavy atom. The Morgan fingerprint density at radius 2 is 2.19 bits per heavy atom. The van der Waals surface area contributed by atoms with Crippen molar-refractivity contribution in [3.63, 3.8) is 0 Å². The van der Waals surface area contributed by atoms with Crippen LogP contribution in [-0.4, -0.2) is 37.6 Å². The van der Waals surface area contributed by atoms with E-state index in [2.05, 4.69) is 18.3 Å². The lowest BCUT2D eigenvalue weighted by Crippen LogP contribution is -2.33. The van der Waals surface area contributed by atoms with Gasteiger partial charge in [0.2, 0.25) is 0 Å². The van der Waals surface area contributed by atoms with Crippen molar-refractivity contribution in [2.45, 2.75) is 44.8 Å². The standard InChI is InChI=1S/C17H27NO3/c1-2-3-4-7-10-20-12-14(19)11-18-16-13-21-17-9-6-5-8-15(16)17/h5-6,8-9,14,16,18-19H,2-4,7,10-13H2,1H3. The molecule has 1 aliphatic heterocycles. The highest BCUT2D eigenvalue weighted by atomic mass is 16.5. The number of nitrogens with one attached hydrogen (secondary N) is 1. The molecular weight excluding hydrogens is 266 g/mol. The van der Waals surface area contributed by atoms with Crippen LogP contribution in [0.1, 0.15) is 44.2 Å². The van der Waals surface area contributed by atoms with Gasteiger partial charge in [0.15, 0.2) is 0 Å². The van der Waals surface area contributed by atoms with Gasteiger partial charge in [-0.15, -0.1) is 0 Å². The predicted octanol–water partition coefficient (Wildman–Crippen LogP) is 2.67. The second-order valence-corrected chi connectivity index (χ2v) is 5.60. The maximum absolute atomic E-state index is 9.93. The Hall–Kier alpha value is -1.10. The molecule has 0 fully saturated rings. The highest BCUT2D eigenvalue weighted by Crippen LogP contribution is 2.31. The number of hydrogen-bond donors (Lipinski definition) is 2. The van der Waals surface area contributed by atoms with E-state index in [0.717, 1.165) is 18.8 Å². The summed E-state index contributed by atoms with van der Waals surface area (Å²) < 4.78 is 11.1. The fourth-order valence-electron chi connectivity index (χ4n) is 2.52. The van der Waals surface area contributed by atoms with Crippen molar-refractivity contribution in [1.82, 2.24) is 5.32 Å². The molecule has 118 valence electrons. The molecule has 2 N–H and O–H groups in total. The van der Waals surface area contributed by atoms with E-state index in [9.17, 15) is 5.11 Å². The van der Waals surface area contributed by atoms with Gasteiger partial charge in [-0.05, 0) is 12.5 Å². The molecule has 2 atom stereocenters. The average Bonchev–Trinajstić information content (AvgIpc) is 2.92. The third kappa shape index (κ3) is 5.30. The summed E-state index contributed by atoms with van der Waals surface area (Å²) in [5.41, 5.74) is 1.17. The van der Waals surface area contributed by atoms with Crippen molar-refractivity contribution in [3.8, 4) is 5.75 Å². The van der Waals surface area contributed by atoms with E-state index in [1.807, 2.05) is 18.2 Å². The van der Waals surface area contributed by atoms with Crippen molar-refractivity contribution >= 4 is 0 Å². The van der Waals surface area contributed by atoms with Crippen molar-refractivity contribution in [2.75, 3.05) is 26.4 Å². The van der Waals surface area contributed by atoms with Crippen LogP contribution in [0.2, 0.25) is 0 Å². The number of para-hydroxylation sites is 1. The van der Waals surface area contributed by atoms with Crippen molar-refractivity contribution in [3.05, 3.63) is 29.8 Å². The highest BCUT2D eigenvalue weighted by molar-refractivity contribution is 5.39. The van der Waals surface area contributed by atoms with Gasteiger partial charge in [0.05, 0.1) is 18.8 Å². The smallest absolute Gasteiger partial charge is 0.124 e. The maximum atomic E-state index is 9.93. The van der Waals surface area contributed by atoms with Crippen LogP contribution in [0.5, 0.6) is 5.75 Å². The van der Waals surface area contributed by atoms with E-state index in [1.54, 1.807) is 0 Å². The van der Waals surface area contributed by atoms with Crippen molar-refractivity contribution in [2.24, 2.45) is 0 Å². The van der Waals surface area contributed by atoms with Gasteiger partial charge in [-0.1, -0.05) is 44.4 Å². The molecule has 4 heteroatoms. The Balaban J connectivity index is 1.58. The van der Waals surface area contributed by atoms with E-state index >= 15 is 0 Å². The van der Waals surface area contributed by atoms with E-state index in [0.29, 0.717) is 19.8 Å². The second kappa shape index (κ2) is 9.03. The molecule has 0 amide bonds. The minimum Gasteiger partial charge on any atom is -0.491 e. The van der Waals surface area contributed by atoms with Gasteiger partial charge in [0.25, 0.3) is 0 Å². The summed E-state index contributed by atoms with van der Waals surface area (Å²) in [6.45, 7) is 4.49. The number of benzene rings is 1. The van der Waals surface area contributed by atoms with Crippen molar-refractivity contribution in [1.29, 1.82) is 0 Å². The number of fused-ring (bicyclic) bond motifs is 1. The zero-order valence-electron chi connectivity index (χ0n) is 12.9. The highest BCUT2D eigenvalue weighted by Gasteiger charge is 2.23. The van der Waals surface area contributed by atoms with Crippen LogP contribution in [0.4, 0.5) is 0 Å². The maximum Gasteiger partial charge on any atom is 0.124 e. The van der Waals surface area contributed by atoms with Crippen LogP contribution in [0.15, 0.2) is 24.3 Å². The molecule has 0 aliphatic carbocycles. The molecule has 0 radical (unpaired) electrons. The molecule has 0 spiro atoms. The summed E-state index contributed by atoms with van der Waals surface area (Å²) in [7, 11) is 0. The second-order valence-electron chi connectivity index (χ2n) is 5.60. The van der Waals surface area contributed by atoms with Gasteiger partial charge < -0.3 is 19.9 Å². The van der Waals surface area contributed by atoms with Gasteiger partial charge in [-0.3, -0.25) is 0 Å². The lowest BCUT2D eigenvalue weighted by Gasteiger charge is -2.16. The molecule has 21 heavy (non-hydrogen) atoms. The lowest BCUT2D eigenvalue weighted by atomic mass is 10.1. The van der Waals surface area contributed by atoms with E-state index in [4.69, 9.17) is 9.47 Å². The molecule has 1 aromatic carbocycles. The SMILES string of the molecule is CCCCCCOCC(O)CNC1COc2ccccc21. The largest absolute Gasteiger partial charge is 0.491 e. The summed E-state index contributed by atoms with van der Waals surface area (Å²) >= 11 is 0. The molecule has 1 heterocycles. The van der Waals surface area contributed by atoms with Gasteiger partial charge in [-0.25, -0.2) is 0 Å². The first-order chi connectivity index (χ1) is 10.3. The van der Waals surface area contributed by atoms with E-state index in [-0.39, 0.29) is 6.04 Å². The van der Waals surface area contributed by atoms with Crippen LogP contribution >= 0.6 is 0 Å². The number of unbranched alkanes of at least 4 members (excludes halogenated alkanes) is 3. The number of aliphatic hydroxyl groups is 1. The molecule has 0 aromatic heterocycles. The summed E-state index contributed by atoms with van der Waals surface area (Å²) in [4.78, 5) is 0. The predicted molar refractivity (Wildman–Crippen MR) is 83.6 cm³/mol. The average molecular weight is 293 g/mol. The fourth-order valence-corrected chi connectivity index (χ4v) is 2.52. The minimum absolute atomic E-state index is 0.167. The molecule has 1 aliphatic rings. The molecule has 2 rings (SSSR count). The van der Waals surface area contributed by atoms with Gasteiger partial charge in [-0.2, -0.15) is 0 Å². The van der Waals surface area contributed by atoms with Gasteiger partial charge in [0, 0.05) is 18.7 Å². The molecule has 0 saturated heterocycles. The number of aliphatic hydroxyl groups excluding tert-OH is 1. The van der Waals surface area contributed by atoms with Crippen LogP contribution < -0.4 is 10.1 Å². The van der Waals surface area contributed by atoms with Crippen LogP contribution in [0.3, 0.4) is 0 Å². The third-order valence-electron chi connectivity index (χ3n) is 3.75. The Kier molecular flexibility index (Phi) is 7.00. The monoisotopic (exact) mass is 293 g/mol. The van der Waals surface area contributed by atoms with Crippen molar-refractivity contribution < 1.29 is 14.6 Å². The Bertz CT molecular complexity index is 411. The van der Waals surface area contributed by atoms with Gasteiger partial charge in [0.1, 0.15) is 12.4 Å². The Morgan fingerprint density at radius 3 is 3.05 bits per heavy atom. The number of rotatable bonds is 10. The quantitative estimate of drug-likeness (QED) is 0.651. The number of ether oxygens (including phenoxy) is 2. The number of hydrogen-bond acceptors (Lipinski definition) is 4. The van der Waals surface area contributed by atoms with Crippen LogP contribution in [0.25, 0.3) is 0 Å². The fraction of sp³-hybridized carbons (Fsp3) is 0.647. The normalized spacial score (nSPS) is 18.3. The first-order valence-electron chi connectivity index (χ1n) is 8.02. The molecule has 1 aromatic rings. The minimum atomic E-state index is -0.469. The molecule has 4 nitrogen and oxygen atoms in total. The van der Waals surface area contributed by atoms with Gasteiger partial charge >= 0.3 is 0 Å². The first kappa shape index (κ1) is 16.3. The summed E-state index contributed by atoms with van der Waals surface area (Å²) in [5.74, 6) is 0.941. The van der Waals surface area contributed by atoms with E-state index in [1.165, 1.54) is 24.8 Å². The summed E-state index contributed by atoms with van der Waals surface area (Å²) in [6, 6.07) is 8.20. The van der Waals surface area contributed by atoms with E-state index < -0.39 is 6.10 Å². The summed E-state index contributed by atoms with van der Waals surface area (Å²) in [6.07, 6.45) is 4.31. The molecule has 2 unspecified atom stereocenters. The topological polar surface area (TPSA) is 50.7 Å². The third-order valence-corrected chi connectivity index (χ3v) is 3.75. The molecule has 0 saturated carbocycles. The molecule has 0 bridgehead atoms. The first-order valence-corrected chi connectivity index (χ1v) is 8.02. The van der Waals surface area contributed by atoms with Crippen LogP contribution in [0, 0.1) is 0 Å². The lowest BCUT2D eigenvalue weighted by molar-refractivity contribution is 0.0338. The Labute approximate surface area is 127 Å². The summed E-state index contributed by atoms with van der Waals surface area (Å²) in [5, 5.41) is 13.3. The van der Waals surface area contributed by atoms with Crippen LogP contribution in [-0.2, 0) is 4.74 Å². The molecular formula is C17H27NO3. The zero-order chi connectivity index (χ0) is 14.9.